The van der Waals surface area contributed by atoms with Gasteiger partial charge in [0.2, 0.25) is 0 Å². The largest absolute Gasteiger partial charge is 0.481 e. The molecule has 2 N–H and O–H groups in total. The van der Waals surface area contributed by atoms with Crippen LogP contribution in [0.3, 0.4) is 0 Å². The minimum absolute atomic E-state index is 0.0120. The van der Waals surface area contributed by atoms with Crippen molar-refractivity contribution >= 4 is 28.5 Å². The maximum absolute atomic E-state index is 11.3. The summed E-state index contributed by atoms with van der Waals surface area (Å²) < 4.78 is 0. The first kappa shape index (κ1) is 14.7. The molecule has 0 saturated heterocycles. The molecule has 0 aliphatic heterocycles. The van der Waals surface area contributed by atoms with E-state index in [-0.39, 0.29) is 6.42 Å². The van der Waals surface area contributed by atoms with Gasteiger partial charge in [-0.05, 0) is 54.3 Å². The van der Waals surface area contributed by atoms with Crippen LogP contribution in [0.4, 0.5) is 0 Å². The molecular weight excluding hydrogens is 298 g/mol. The average Bonchev–Trinajstić information content (AvgIpc) is 2.77. The molecule has 3 rings (SSSR count). The van der Waals surface area contributed by atoms with E-state index in [1.807, 2.05) is 44.2 Å². The van der Waals surface area contributed by atoms with Crippen molar-refractivity contribution in [3.05, 3.63) is 58.1 Å². The first-order valence-corrected chi connectivity index (χ1v) is 7.43. The SMILES string of the molecule is Cc1cc(C)c2c(CC(=O)O)c(-c3ccc(Cl)cc3)[nH]c2c1. The Balaban J connectivity index is 2.30. The zero-order valence-corrected chi connectivity index (χ0v) is 13.2. The van der Waals surface area contributed by atoms with Crippen molar-refractivity contribution in [2.24, 2.45) is 0 Å². The Morgan fingerprint density at radius 2 is 1.86 bits per heavy atom. The van der Waals surface area contributed by atoms with Crippen LogP contribution in [0.2, 0.25) is 5.02 Å². The predicted molar refractivity (Wildman–Crippen MR) is 89.6 cm³/mol. The molecule has 0 bridgehead atoms. The lowest BCUT2D eigenvalue weighted by Gasteiger charge is -2.05. The summed E-state index contributed by atoms with van der Waals surface area (Å²) in [6.07, 6.45) is -0.0120. The molecule has 0 unspecified atom stereocenters. The van der Waals surface area contributed by atoms with Crippen molar-refractivity contribution in [1.82, 2.24) is 4.98 Å². The Morgan fingerprint density at radius 1 is 1.18 bits per heavy atom. The van der Waals surface area contributed by atoms with Crippen LogP contribution in [0, 0.1) is 13.8 Å². The third kappa shape index (κ3) is 2.60. The number of carboxylic acid groups (broad SMARTS) is 1. The van der Waals surface area contributed by atoms with Gasteiger partial charge in [0.15, 0.2) is 0 Å². The molecule has 0 atom stereocenters. The van der Waals surface area contributed by atoms with Crippen molar-refractivity contribution in [3.63, 3.8) is 0 Å². The van der Waals surface area contributed by atoms with Crippen molar-refractivity contribution in [1.29, 1.82) is 0 Å². The quantitative estimate of drug-likeness (QED) is 0.734. The van der Waals surface area contributed by atoms with E-state index in [1.165, 1.54) is 0 Å². The second-order valence-electron chi connectivity index (χ2n) is 5.56. The number of carboxylic acids is 1. The molecule has 0 spiro atoms. The molecule has 0 fully saturated rings. The number of aromatic amines is 1. The first-order chi connectivity index (χ1) is 10.5. The predicted octanol–water partition coefficient (Wildman–Crippen LogP) is 4.73. The lowest BCUT2D eigenvalue weighted by molar-refractivity contribution is -0.136. The number of rotatable bonds is 3. The highest BCUT2D eigenvalue weighted by molar-refractivity contribution is 6.30. The van der Waals surface area contributed by atoms with Crippen molar-refractivity contribution in [2.75, 3.05) is 0 Å². The van der Waals surface area contributed by atoms with Gasteiger partial charge in [0.25, 0.3) is 0 Å². The highest BCUT2D eigenvalue weighted by Crippen LogP contribution is 2.34. The van der Waals surface area contributed by atoms with E-state index in [9.17, 15) is 9.90 Å². The van der Waals surface area contributed by atoms with Crippen LogP contribution in [0.5, 0.6) is 0 Å². The molecule has 0 amide bonds. The topological polar surface area (TPSA) is 53.1 Å². The highest BCUT2D eigenvalue weighted by Gasteiger charge is 2.17. The molecule has 2 aromatic carbocycles. The van der Waals surface area contributed by atoms with Gasteiger partial charge in [0.1, 0.15) is 0 Å². The molecule has 4 heteroatoms. The van der Waals surface area contributed by atoms with E-state index < -0.39 is 5.97 Å². The van der Waals surface area contributed by atoms with Gasteiger partial charge in [0, 0.05) is 15.9 Å². The van der Waals surface area contributed by atoms with Crippen LogP contribution < -0.4 is 0 Å². The zero-order valence-electron chi connectivity index (χ0n) is 12.4. The third-order valence-corrected chi connectivity index (χ3v) is 4.06. The molecule has 1 aromatic heterocycles. The number of aliphatic carboxylic acids is 1. The minimum Gasteiger partial charge on any atom is -0.481 e. The molecule has 3 aromatic rings. The van der Waals surface area contributed by atoms with Gasteiger partial charge < -0.3 is 10.1 Å². The lowest BCUT2D eigenvalue weighted by Crippen LogP contribution is -2.01. The molecule has 0 radical (unpaired) electrons. The van der Waals surface area contributed by atoms with Crippen LogP contribution in [-0.4, -0.2) is 16.1 Å². The molecular formula is C18H16ClNO2. The number of hydrogen-bond acceptors (Lipinski definition) is 1. The number of H-pyrrole nitrogens is 1. The smallest absolute Gasteiger partial charge is 0.307 e. The van der Waals surface area contributed by atoms with Gasteiger partial charge in [-0.25, -0.2) is 0 Å². The van der Waals surface area contributed by atoms with Gasteiger partial charge in [-0.3, -0.25) is 4.79 Å². The van der Waals surface area contributed by atoms with Gasteiger partial charge in [0.05, 0.1) is 12.1 Å². The van der Waals surface area contributed by atoms with Gasteiger partial charge in [-0.2, -0.15) is 0 Å². The summed E-state index contributed by atoms with van der Waals surface area (Å²) in [5.74, 6) is -0.837. The van der Waals surface area contributed by atoms with Crippen LogP contribution in [0.1, 0.15) is 16.7 Å². The fraction of sp³-hybridized carbons (Fsp3) is 0.167. The Hall–Kier alpha value is -2.26. The number of halogens is 1. The third-order valence-electron chi connectivity index (χ3n) is 3.80. The number of carbonyl (C=O) groups is 1. The molecule has 3 nitrogen and oxygen atoms in total. The van der Waals surface area contributed by atoms with Gasteiger partial charge in [-0.1, -0.05) is 29.8 Å². The van der Waals surface area contributed by atoms with Gasteiger partial charge >= 0.3 is 5.97 Å². The Kier molecular flexibility index (Phi) is 3.67. The summed E-state index contributed by atoms with van der Waals surface area (Å²) >= 11 is 5.94. The Morgan fingerprint density at radius 3 is 2.50 bits per heavy atom. The standard InChI is InChI=1S/C18H16ClNO2/c1-10-7-11(2)17-14(9-16(21)22)18(20-15(17)8-10)12-3-5-13(19)6-4-12/h3-8,20H,9H2,1-2H3,(H,21,22). The lowest BCUT2D eigenvalue weighted by atomic mass is 9.99. The maximum atomic E-state index is 11.3. The van der Waals surface area contributed by atoms with Crippen molar-refractivity contribution in [3.8, 4) is 11.3 Å². The maximum Gasteiger partial charge on any atom is 0.307 e. The number of hydrogen-bond donors (Lipinski definition) is 2. The second kappa shape index (κ2) is 5.50. The second-order valence-corrected chi connectivity index (χ2v) is 6.00. The minimum atomic E-state index is -0.837. The molecule has 22 heavy (non-hydrogen) atoms. The van der Waals surface area contributed by atoms with E-state index in [0.717, 1.165) is 38.9 Å². The van der Waals surface area contributed by atoms with E-state index >= 15 is 0 Å². The molecule has 1 heterocycles. The number of benzene rings is 2. The average molecular weight is 314 g/mol. The Labute approximate surface area is 133 Å². The van der Waals surface area contributed by atoms with Crippen LogP contribution in [0.15, 0.2) is 36.4 Å². The summed E-state index contributed by atoms with van der Waals surface area (Å²) in [5.41, 5.74) is 5.82. The molecule has 112 valence electrons. The van der Waals surface area contributed by atoms with E-state index in [1.54, 1.807) is 0 Å². The van der Waals surface area contributed by atoms with Crippen LogP contribution in [-0.2, 0) is 11.2 Å². The fourth-order valence-electron chi connectivity index (χ4n) is 2.99. The van der Waals surface area contributed by atoms with E-state index in [4.69, 9.17) is 11.6 Å². The highest BCUT2D eigenvalue weighted by atomic mass is 35.5. The number of aromatic nitrogens is 1. The number of aryl methyl sites for hydroxylation is 2. The summed E-state index contributed by atoms with van der Waals surface area (Å²) in [4.78, 5) is 14.7. The summed E-state index contributed by atoms with van der Waals surface area (Å²) in [6, 6.07) is 11.6. The van der Waals surface area contributed by atoms with E-state index in [2.05, 4.69) is 11.1 Å². The van der Waals surface area contributed by atoms with Crippen LogP contribution >= 0.6 is 11.6 Å². The van der Waals surface area contributed by atoms with Gasteiger partial charge in [-0.15, -0.1) is 0 Å². The summed E-state index contributed by atoms with van der Waals surface area (Å²) in [6.45, 7) is 4.05. The summed E-state index contributed by atoms with van der Waals surface area (Å²) in [5, 5.41) is 10.9. The zero-order chi connectivity index (χ0) is 15.9. The van der Waals surface area contributed by atoms with Crippen molar-refractivity contribution < 1.29 is 9.90 Å². The molecule has 0 saturated carbocycles. The van der Waals surface area contributed by atoms with Crippen molar-refractivity contribution in [2.45, 2.75) is 20.3 Å². The van der Waals surface area contributed by atoms with Crippen LogP contribution in [0.25, 0.3) is 22.2 Å². The summed E-state index contributed by atoms with van der Waals surface area (Å²) in [7, 11) is 0. The Bertz CT molecular complexity index is 863. The molecule has 0 aliphatic rings. The normalized spacial score (nSPS) is 11.0. The number of nitrogens with one attached hydrogen (secondary N) is 1. The molecule has 0 aliphatic carbocycles. The number of fused-ring (bicyclic) bond motifs is 1. The monoisotopic (exact) mass is 313 g/mol. The fourth-order valence-corrected chi connectivity index (χ4v) is 3.12. The first-order valence-electron chi connectivity index (χ1n) is 7.05. The van der Waals surface area contributed by atoms with E-state index in [0.29, 0.717) is 5.02 Å².